The Morgan fingerprint density at radius 1 is 1.08 bits per heavy atom. The molecular weight excluding hydrogens is 296 g/mol. The molecule has 2 aromatic rings. The van der Waals surface area contributed by atoms with E-state index in [1.807, 2.05) is 18.2 Å². The van der Waals surface area contributed by atoms with Crippen LogP contribution in [0.1, 0.15) is 22.3 Å². The average Bonchev–Trinajstić information content (AvgIpc) is 3.04. The molecule has 1 aliphatic heterocycles. The molecule has 1 unspecified atom stereocenters. The number of likely N-dealkylation sites (N-methyl/N-ethyl adjacent to an activating group) is 1. The van der Waals surface area contributed by atoms with Crippen molar-refractivity contribution in [1.82, 2.24) is 10.2 Å². The van der Waals surface area contributed by atoms with Gasteiger partial charge in [0.1, 0.15) is 0 Å². The van der Waals surface area contributed by atoms with Crippen LogP contribution in [0.4, 0.5) is 0 Å². The number of carbonyl (C=O) groups is 1. The predicted molar refractivity (Wildman–Crippen MR) is 96.5 cm³/mol. The van der Waals surface area contributed by atoms with E-state index in [2.05, 4.69) is 53.7 Å². The monoisotopic (exact) mass is 318 g/mol. The van der Waals surface area contributed by atoms with E-state index < -0.39 is 0 Å². The maximum atomic E-state index is 12.5. The number of rotatable bonds is 3. The normalized spacial score (nSPS) is 19.4. The van der Waals surface area contributed by atoms with Gasteiger partial charge in [0.25, 0.3) is 0 Å². The molecule has 3 nitrogen and oxygen atoms in total. The summed E-state index contributed by atoms with van der Waals surface area (Å²) >= 11 is 0. The van der Waals surface area contributed by atoms with Crippen molar-refractivity contribution >= 4 is 12.0 Å². The molecule has 4 rings (SSSR count). The molecule has 0 aromatic heterocycles. The molecule has 2 aromatic carbocycles. The van der Waals surface area contributed by atoms with E-state index in [1.54, 1.807) is 0 Å². The average molecular weight is 318 g/mol. The number of nitrogens with zero attached hydrogens (tertiary/aromatic N) is 1. The molecule has 3 heteroatoms. The highest BCUT2D eigenvalue weighted by atomic mass is 16.1. The summed E-state index contributed by atoms with van der Waals surface area (Å²) in [7, 11) is 2.14. The number of carbonyl (C=O) groups excluding carboxylic acids is 1. The molecule has 1 amide bonds. The first-order valence-corrected chi connectivity index (χ1v) is 8.54. The molecule has 1 heterocycles. The minimum Gasteiger partial charge on any atom is -0.351 e. The lowest BCUT2D eigenvalue weighted by atomic mass is 9.94. The van der Waals surface area contributed by atoms with Crippen LogP contribution >= 0.6 is 0 Å². The Labute approximate surface area is 143 Å². The van der Waals surface area contributed by atoms with Gasteiger partial charge in [0.2, 0.25) is 5.91 Å². The summed E-state index contributed by atoms with van der Waals surface area (Å²) in [5, 5.41) is 3.14. The Balaban J connectivity index is 1.39. The smallest absolute Gasteiger partial charge is 0.247 e. The molecule has 1 N–H and O–H groups in total. The third kappa shape index (κ3) is 2.87. The van der Waals surface area contributed by atoms with E-state index in [4.69, 9.17) is 0 Å². The quantitative estimate of drug-likeness (QED) is 0.944. The van der Waals surface area contributed by atoms with Crippen LogP contribution in [0.2, 0.25) is 0 Å². The van der Waals surface area contributed by atoms with Gasteiger partial charge in [-0.25, -0.2) is 0 Å². The lowest BCUT2D eigenvalue weighted by molar-refractivity contribution is -0.117. The number of benzene rings is 2. The summed E-state index contributed by atoms with van der Waals surface area (Å²) in [5.41, 5.74) is 6.09. The zero-order chi connectivity index (χ0) is 16.5. The number of nitrogens with one attached hydrogen (secondary N) is 1. The zero-order valence-corrected chi connectivity index (χ0v) is 14.0. The van der Waals surface area contributed by atoms with Crippen LogP contribution in [-0.4, -0.2) is 30.4 Å². The van der Waals surface area contributed by atoms with Crippen molar-refractivity contribution in [2.24, 2.45) is 0 Å². The lowest BCUT2D eigenvalue weighted by Crippen LogP contribution is -2.45. The summed E-state index contributed by atoms with van der Waals surface area (Å²) in [6.45, 7) is 1.64. The number of amides is 1. The van der Waals surface area contributed by atoms with Gasteiger partial charge >= 0.3 is 0 Å². The molecule has 122 valence electrons. The Morgan fingerprint density at radius 2 is 1.79 bits per heavy atom. The highest BCUT2D eigenvalue weighted by molar-refractivity contribution is 6.00. The fourth-order valence-corrected chi connectivity index (χ4v) is 3.70. The zero-order valence-electron chi connectivity index (χ0n) is 14.0. The lowest BCUT2D eigenvalue weighted by Gasteiger charge is -2.34. The SMILES string of the molecule is CN1Cc2ccccc2CC1CNC(=O)C1=Cc2ccccc2C1. The molecule has 0 saturated carbocycles. The van der Waals surface area contributed by atoms with Gasteiger partial charge in [-0.3, -0.25) is 9.69 Å². The van der Waals surface area contributed by atoms with E-state index in [-0.39, 0.29) is 5.91 Å². The summed E-state index contributed by atoms with van der Waals surface area (Å²) in [4.78, 5) is 14.8. The van der Waals surface area contributed by atoms with Gasteiger partial charge in [0.05, 0.1) is 0 Å². The van der Waals surface area contributed by atoms with Crippen molar-refractivity contribution in [3.8, 4) is 0 Å². The Kier molecular flexibility index (Phi) is 3.95. The molecule has 2 aliphatic rings. The van der Waals surface area contributed by atoms with Gasteiger partial charge in [-0.15, -0.1) is 0 Å². The number of hydrogen-bond donors (Lipinski definition) is 1. The maximum Gasteiger partial charge on any atom is 0.247 e. The maximum absolute atomic E-state index is 12.5. The minimum absolute atomic E-state index is 0.0680. The minimum atomic E-state index is 0.0680. The molecule has 24 heavy (non-hydrogen) atoms. The van der Waals surface area contributed by atoms with Crippen molar-refractivity contribution in [3.63, 3.8) is 0 Å². The molecule has 0 radical (unpaired) electrons. The standard InChI is InChI=1S/C21H22N2O/c1-23-14-18-9-5-4-8-17(18)12-20(23)13-22-21(24)19-10-15-6-2-3-7-16(15)11-19/h2-10,20H,11-14H2,1H3,(H,22,24). The fraction of sp³-hybridized carbons (Fsp3) is 0.286. The second-order valence-corrected chi connectivity index (χ2v) is 6.80. The predicted octanol–water partition coefficient (Wildman–Crippen LogP) is 2.80. The van der Waals surface area contributed by atoms with E-state index in [0.29, 0.717) is 12.6 Å². The van der Waals surface area contributed by atoms with Gasteiger partial charge in [0, 0.05) is 31.1 Å². The van der Waals surface area contributed by atoms with Crippen LogP contribution < -0.4 is 5.32 Å². The Hall–Kier alpha value is -2.39. The van der Waals surface area contributed by atoms with E-state index in [9.17, 15) is 4.79 Å². The fourth-order valence-electron chi connectivity index (χ4n) is 3.70. The van der Waals surface area contributed by atoms with E-state index in [0.717, 1.165) is 25.0 Å². The van der Waals surface area contributed by atoms with Crippen molar-refractivity contribution in [2.75, 3.05) is 13.6 Å². The highest BCUT2D eigenvalue weighted by Gasteiger charge is 2.24. The molecule has 0 fully saturated rings. The third-order valence-corrected chi connectivity index (χ3v) is 5.17. The number of fused-ring (bicyclic) bond motifs is 2. The highest BCUT2D eigenvalue weighted by Crippen LogP contribution is 2.25. The van der Waals surface area contributed by atoms with Crippen LogP contribution in [0.15, 0.2) is 54.1 Å². The molecule has 1 aliphatic carbocycles. The first-order valence-electron chi connectivity index (χ1n) is 8.54. The second kappa shape index (κ2) is 6.25. The van der Waals surface area contributed by atoms with Gasteiger partial charge < -0.3 is 5.32 Å². The van der Waals surface area contributed by atoms with Gasteiger partial charge in [0.15, 0.2) is 0 Å². The van der Waals surface area contributed by atoms with Crippen LogP contribution in [0.3, 0.4) is 0 Å². The van der Waals surface area contributed by atoms with E-state index >= 15 is 0 Å². The van der Waals surface area contributed by atoms with Crippen LogP contribution in [0.25, 0.3) is 6.08 Å². The largest absolute Gasteiger partial charge is 0.351 e. The Morgan fingerprint density at radius 3 is 2.58 bits per heavy atom. The molecule has 0 spiro atoms. The summed E-state index contributed by atoms with van der Waals surface area (Å²) in [6.07, 6.45) is 3.75. The van der Waals surface area contributed by atoms with Gasteiger partial charge in [-0.2, -0.15) is 0 Å². The van der Waals surface area contributed by atoms with Crippen molar-refractivity contribution in [1.29, 1.82) is 0 Å². The van der Waals surface area contributed by atoms with E-state index in [1.165, 1.54) is 22.3 Å². The summed E-state index contributed by atoms with van der Waals surface area (Å²) < 4.78 is 0. The summed E-state index contributed by atoms with van der Waals surface area (Å²) in [5.74, 6) is 0.0680. The first-order chi connectivity index (χ1) is 11.7. The first kappa shape index (κ1) is 15.2. The van der Waals surface area contributed by atoms with Gasteiger partial charge in [-0.05, 0) is 41.8 Å². The van der Waals surface area contributed by atoms with Crippen LogP contribution in [0, 0.1) is 0 Å². The molecule has 0 saturated heterocycles. The van der Waals surface area contributed by atoms with Crippen molar-refractivity contribution in [3.05, 3.63) is 76.4 Å². The molecular formula is C21H22N2O. The third-order valence-electron chi connectivity index (χ3n) is 5.17. The summed E-state index contributed by atoms with van der Waals surface area (Å²) in [6, 6.07) is 17.2. The molecule has 1 atom stereocenters. The van der Waals surface area contributed by atoms with Crippen LogP contribution in [0.5, 0.6) is 0 Å². The second-order valence-electron chi connectivity index (χ2n) is 6.80. The Bertz CT molecular complexity index is 809. The molecule has 0 bridgehead atoms. The van der Waals surface area contributed by atoms with Crippen molar-refractivity contribution in [2.45, 2.75) is 25.4 Å². The van der Waals surface area contributed by atoms with Crippen LogP contribution in [-0.2, 0) is 24.2 Å². The topological polar surface area (TPSA) is 32.3 Å². The number of hydrogen-bond acceptors (Lipinski definition) is 2. The van der Waals surface area contributed by atoms with Gasteiger partial charge in [-0.1, -0.05) is 48.5 Å². The van der Waals surface area contributed by atoms with Crippen molar-refractivity contribution < 1.29 is 4.79 Å².